The molecule has 2 atom stereocenters. The van der Waals surface area contributed by atoms with Gasteiger partial charge in [0.25, 0.3) is 0 Å². The van der Waals surface area contributed by atoms with Gasteiger partial charge in [-0.3, -0.25) is 9.59 Å². The van der Waals surface area contributed by atoms with Crippen molar-refractivity contribution in [3.8, 4) is 0 Å². The third-order valence-electron chi connectivity index (χ3n) is 6.51. The van der Waals surface area contributed by atoms with Crippen molar-refractivity contribution in [3.05, 3.63) is 53.2 Å². The molecule has 0 bridgehead atoms. The van der Waals surface area contributed by atoms with Gasteiger partial charge < -0.3 is 15.5 Å². The molecule has 5 heteroatoms. The molecular weight excluding hydrogens is 386 g/mol. The van der Waals surface area contributed by atoms with Crippen LogP contribution in [0.5, 0.6) is 0 Å². The molecule has 1 fully saturated rings. The summed E-state index contributed by atoms with van der Waals surface area (Å²) in [5.41, 5.74) is 3.94. The number of amides is 2. The van der Waals surface area contributed by atoms with Gasteiger partial charge in [0.05, 0.1) is 0 Å². The van der Waals surface area contributed by atoms with Gasteiger partial charge in [0.1, 0.15) is 6.04 Å². The zero-order valence-corrected chi connectivity index (χ0v) is 19.6. The number of hydrogen-bond donors (Lipinski definition) is 2. The number of nitrogens with one attached hydrogen (secondary N) is 2. The molecule has 1 unspecified atom stereocenters. The van der Waals surface area contributed by atoms with E-state index >= 15 is 0 Å². The van der Waals surface area contributed by atoms with E-state index in [2.05, 4.69) is 52.8 Å². The number of benzene rings is 1. The predicted octanol–water partition coefficient (Wildman–Crippen LogP) is 4.47. The second kappa shape index (κ2) is 9.71. The van der Waals surface area contributed by atoms with Crippen LogP contribution >= 0.6 is 0 Å². The Morgan fingerprint density at radius 3 is 2.52 bits per heavy atom. The van der Waals surface area contributed by atoms with Crippen LogP contribution in [0.15, 0.2) is 47.7 Å². The molecule has 1 aromatic rings. The quantitative estimate of drug-likeness (QED) is 0.734. The maximum Gasteiger partial charge on any atom is 0.249 e. The molecule has 0 saturated carbocycles. The number of nitrogens with zero attached hydrogens (tertiary/aromatic N) is 1. The van der Waals surface area contributed by atoms with Crippen molar-refractivity contribution in [2.24, 2.45) is 11.3 Å². The highest BCUT2D eigenvalue weighted by atomic mass is 16.2. The third-order valence-corrected chi connectivity index (χ3v) is 6.51. The lowest BCUT2D eigenvalue weighted by Crippen LogP contribution is -2.53. The number of carbonyl (C=O) groups excluding carboxylic acids is 2. The number of fused-ring (bicyclic) bond motifs is 1. The molecule has 168 valence electrons. The van der Waals surface area contributed by atoms with Crippen LogP contribution in [-0.2, 0) is 9.59 Å². The monoisotopic (exact) mass is 423 g/mol. The summed E-state index contributed by atoms with van der Waals surface area (Å²) in [6, 6.07) is 9.84. The molecular formula is C26H37N3O2. The average molecular weight is 424 g/mol. The number of likely N-dealkylation sites (N-methyl/N-ethyl adjacent to an activating group) is 1. The molecule has 2 heterocycles. The molecule has 0 aromatic heterocycles. The largest absolute Gasteiger partial charge is 0.357 e. The Hall–Kier alpha value is -2.56. The highest BCUT2D eigenvalue weighted by Crippen LogP contribution is 2.39. The SMILES string of the molecule is CCC1CCCN2C(c3ccccc3)=CCC(C(=O)N[C@H](C(=O)NC)C(C)(C)C)=C2C1. The van der Waals surface area contributed by atoms with Crippen LogP contribution in [0.25, 0.3) is 5.70 Å². The van der Waals surface area contributed by atoms with E-state index in [0.29, 0.717) is 12.3 Å². The molecule has 2 aliphatic heterocycles. The summed E-state index contributed by atoms with van der Waals surface area (Å²) in [6.45, 7) is 9.08. The van der Waals surface area contributed by atoms with E-state index in [9.17, 15) is 9.59 Å². The molecule has 2 N–H and O–H groups in total. The molecule has 3 rings (SSSR count). The molecule has 1 saturated heterocycles. The first-order chi connectivity index (χ1) is 14.8. The lowest BCUT2D eigenvalue weighted by molar-refractivity contribution is -0.129. The minimum atomic E-state index is -0.584. The Morgan fingerprint density at radius 2 is 1.90 bits per heavy atom. The fourth-order valence-electron chi connectivity index (χ4n) is 4.63. The van der Waals surface area contributed by atoms with Crippen molar-refractivity contribution in [2.45, 2.75) is 65.8 Å². The standard InChI is InChI=1S/C26H37N3O2/c1-6-18-11-10-16-29-21(19-12-8-7-9-13-19)15-14-20(22(29)17-18)24(30)28-23(25(31)27-5)26(2,3)4/h7-9,12-13,15,18,23H,6,10-11,14,16-17H2,1-5H3,(H,27,31)(H,28,30)/t18?,23-/m1/s1. The Kier molecular flexibility index (Phi) is 7.24. The van der Waals surface area contributed by atoms with E-state index in [-0.39, 0.29) is 17.2 Å². The van der Waals surface area contributed by atoms with E-state index < -0.39 is 6.04 Å². The molecule has 2 amide bonds. The van der Waals surface area contributed by atoms with Crippen LogP contribution in [-0.4, -0.2) is 36.3 Å². The predicted molar refractivity (Wildman–Crippen MR) is 126 cm³/mol. The van der Waals surface area contributed by atoms with E-state index in [1.54, 1.807) is 7.05 Å². The van der Waals surface area contributed by atoms with Crippen LogP contribution in [0.2, 0.25) is 0 Å². The highest BCUT2D eigenvalue weighted by molar-refractivity contribution is 5.99. The smallest absolute Gasteiger partial charge is 0.249 e. The van der Waals surface area contributed by atoms with Gasteiger partial charge in [0.15, 0.2) is 0 Å². The van der Waals surface area contributed by atoms with Crippen LogP contribution in [0, 0.1) is 11.3 Å². The van der Waals surface area contributed by atoms with E-state index in [1.165, 1.54) is 17.7 Å². The van der Waals surface area contributed by atoms with Crippen molar-refractivity contribution in [3.63, 3.8) is 0 Å². The third kappa shape index (κ3) is 5.20. The first kappa shape index (κ1) is 23.1. The molecule has 2 aliphatic rings. The average Bonchev–Trinajstić information content (AvgIpc) is 2.98. The molecule has 31 heavy (non-hydrogen) atoms. The van der Waals surface area contributed by atoms with Crippen molar-refractivity contribution < 1.29 is 9.59 Å². The summed E-state index contributed by atoms with van der Waals surface area (Å²) < 4.78 is 0. The fourth-order valence-corrected chi connectivity index (χ4v) is 4.63. The van der Waals surface area contributed by atoms with Crippen LogP contribution < -0.4 is 10.6 Å². The summed E-state index contributed by atoms with van der Waals surface area (Å²) in [4.78, 5) is 28.3. The maximum atomic E-state index is 13.5. The summed E-state index contributed by atoms with van der Waals surface area (Å²) in [5.74, 6) is 0.297. The summed E-state index contributed by atoms with van der Waals surface area (Å²) >= 11 is 0. The number of carbonyl (C=O) groups is 2. The normalized spacial score (nSPS) is 20.4. The van der Waals surface area contributed by atoms with Crippen molar-refractivity contribution in [2.75, 3.05) is 13.6 Å². The van der Waals surface area contributed by atoms with Gasteiger partial charge in [-0.25, -0.2) is 0 Å². The van der Waals surface area contributed by atoms with Crippen molar-refractivity contribution >= 4 is 17.5 Å². The first-order valence-corrected chi connectivity index (χ1v) is 11.5. The van der Waals surface area contributed by atoms with E-state index in [4.69, 9.17) is 0 Å². The Balaban J connectivity index is 1.97. The molecule has 1 aromatic carbocycles. The Labute approximate surface area is 187 Å². The fraction of sp³-hybridized carbons (Fsp3) is 0.538. The van der Waals surface area contributed by atoms with Gasteiger partial charge in [0.2, 0.25) is 11.8 Å². The minimum Gasteiger partial charge on any atom is -0.357 e. The molecule has 5 nitrogen and oxygen atoms in total. The molecule has 0 radical (unpaired) electrons. The molecule has 0 spiro atoms. The van der Waals surface area contributed by atoms with Gasteiger partial charge in [0, 0.05) is 30.6 Å². The van der Waals surface area contributed by atoms with Crippen LogP contribution in [0.4, 0.5) is 0 Å². The highest BCUT2D eigenvalue weighted by Gasteiger charge is 2.35. The van der Waals surface area contributed by atoms with E-state index in [1.807, 2.05) is 26.8 Å². The first-order valence-electron chi connectivity index (χ1n) is 11.5. The van der Waals surface area contributed by atoms with Crippen molar-refractivity contribution in [1.82, 2.24) is 15.5 Å². The van der Waals surface area contributed by atoms with Crippen molar-refractivity contribution in [1.29, 1.82) is 0 Å². The van der Waals surface area contributed by atoms with Gasteiger partial charge in [-0.15, -0.1) is 0 Å². The second-order valence-electron chi connectivity index (χ2n) is 9.74. The number of allylic oxidation sites excluding steroid dienone is 2. The van der Waals surface area contributed by atoms with Gasteiger partial charge in [-0.05, 0) is 42.6 Å². The lowest BCUT2D eigenvalue weighted by atomic mass is 9.85. The van der Waals surface area contributed by atoms with Gasteiger partial charge in [-0.2, -0.15) is 0 Å². The van der Waals surface area contributed by atoms with E-state index in [0.717, 1.165) is 37.1 Å². The zero-order chi connectivity index (χ0) is 22.6. The number of hydrogen-bond acceptors (Lipinski definition) is 3. The zero-order valence-electron chi connectivity index (χ0n) is 19.6. The molecule has 0 aliphatic carbocycles. The van der Waals surface area contributed by atoms with Crippen LogP contribution in [0.3, 0.4) is 0 Å². The number of rotatable bonds is 5. The van der Waals surface area contributed by atoms with Gasteiger partial charge in [-0.1, -0.05) is 70.5 Å². The Bertz CT molecular complexity index is 864. The maximum absolute atomic E-state index is 13.5. The lowest BCUT2D eigenvalue weighted by Gasteiger charge is -2.35. The summed E-state index contributed by atoms with van der Waals surface area (Å²) in [7, 11) is 1.61. The topological polar surface area (TPSA) is 61.4 Å². The second-order valence-corrected chi connectivity index (χ2v) is 9.74. The van der Waals surface area contributed by atoms with Crippen LogP contribution in [0.1, 0.15) is 65.4 Å². The summed E-state index contributed by atoms with van der Waals surface area (Å²) in [5, 5.41) is 5.75. The Morgan fingerprint density at radius 1 is 1.19 bits per heavy atom. The minimum absolute atomic E-state index is 0.122. The van der Waals surface area contributed by atoms with Gasteiger partial charge >= 0.3 is 0 Å². The summed E-state index contributed by atoms with van der Waals surface area (Å²) in [6.07, 6.45) is 7.07.